The van der Waals surface area contributed by atoms with E-state index < -0.39 is 5.97 Å². The van der Waals surface area contributed by atoms with Crippen LogP contribution in [0.5, 0.6) is 0 Å². The molecule has 1 aliphatic carbocycles. The Kier molecular flexibility index (Phi) is 14.2. The number of ether oxygens (including phenoxy) is 3. The monoisotopic (exact) mass is 424 g/mol. The number of hydrogen-bond acceptors (Lipinski definition) is 3. The van der Waals surface area contributed by atoms with Gasteiger partial charge in [-0.25, -0.2) is 0 Å². The first-order chi connectivity index (χ1) is 14.3. The highest BCUT2D eigenvalue weighted by atomic mass is 16.9. The van der Waals surface area contributed by atoms with Gasteiger partial charge in [0.1, 0.15) is 0 Å². The molecule has 1 atom stereocenters. The number of hydrogen-bond donors (Lipinski definition) is 0. The van der Waals surface area contributed by atoms with Gasteiger partial charge in [0.05, 0.1) is 24.2 Å². The van der Waals surface area contributed by atoms with E-state index in [1.165, 1.54) is 76.2 Å². The zero-order chi connectivity index (χ0) is 22.4. The zero-order valence-corrected chi connectivity index (χ0v) is 21.3. The third-order valence-corrected chi connectivity index (χ3v) is 5.75. The fourth-order valence-electron chi connectivity index (χ4n) is 4.57. The molecule has 0 amide bonds. The van der Waals surface area contributed by atoms with E-state index in [0.29, 0.717) is 0 Å². The molecule has 30 heavy (non-hydrogen) atoms. The van der Waals surface area contributed by atoms with Crippen LogP contribution in [0.1, 0.15) is 132 Å². The summed E-state index contributed by atoms with van der Waals surface area (Å²) in [6, 6.07) is 0. The quantitative estimate of drug-likeness (QED) is 0.150. The minimum absolute atomic E-state index is 0.0451. The van der Waals surface area contributed by atoms with Crippen LogP contribution in [0.25, 0.3) is 0 Å². The van der Waals surface area contributed by atoms with Crippen molar-refractivity contribution in [3.05, 3.63) is 11.6 Å². The van der Waals surface area contributed by atoms with Crippen molar-refractivity contribution in [3.8, 4) is 0 Å². The predicted octanol–water partition coefficient (Wildman–Crippen LogP) is 8.56. The molecule has 0 bridgehead atoms. The maximum absolute atomic E-state index is 6.56. The van der Waals surface area contributed by atoms with Gasteiger partial charge in [-0.15, -0.1) is 0 Å². The van der Waals surface area contributed by atoms with Crippen molar-refractivity contribution in [2.45, 2.75) is 156 Å². The third kappa shape index (κ3) is 10.8. The molecule has 0 aliphatic heterocycles. The molecule has 0 saturated carbocycles. The van der Waals surface area contributed by atoms with Gasteiger partial charge in [0, 0.05) is 0 Å². The Morgan fingerprint density at radius 1 is 0.733 bits per heavy atom. The van der Waals surface area contributed by atoms with E-state index in [4.69, 9.17) is 14.2 Å². The van der Waals surface area contributed by atoms with Crippen LogP contribution < -0.4 is 0 Å². The van der Waals surface area contributed by atoms with Crippen LogP contribution in [0.2, 0.25) is 0 Å². The largest absolute Gasteiger partial charge is 0.324 e. The lowest BCUT2D eigenvalue weighted by Gasteiger charge is -2.44. The molecule has 0 fully saturated rings. The zero-order valence-electron chi connectivity index (χ0n) is 21.3. The van der Waals surface area contributed by atoms with E-state index in [1.54, 1.807) is 0 Å². The number of unbranched alkanes of at least 4 members (excludes halogenated alkanes) is 5. The summed E-state index contributed by atoms with van der Waals surface area (Å²) >= 11 is 0. The topological polar surface area (TPSA) is 27.7 Å². The van der Waals surface area contributed by atoms with Crippen LogP contribution in [-0.4, -0.2) is 24.3 Å². The van der Waals surface area contributed by atoms with Crippen molar-refractivity contribution in [1.82, 2.24) is 0 Å². The minimum Gasteiger partial charge on any atom is -0.324 e. The van der Waals surface area contributed by atoms with Crippen LogP contribution in [0.4, 0.5) is 0 Å². The van der Waals surface area contributed by atoms with Crippen LogP contribution in [0.15, 0.2) is 11.6 Å². The van der Waals surface area contributed by atoms with E-state index >= 15 is 0 Å². The summed E-state index contributed by atoms with van der Waals surface area (Å²) < 4.78 is 19.7. The van der Waals surface area contributed by atoms with Crippen LogP contribution in [0.3, 0.4) is 0 Å². The first-order valence-electron chi connectivity index (χ1n) is 13.0. The molecule has 0 N–H and O–H groups in total. The summed E-state index contributed by atoms with van der Waals surface area (Å²) in [5.41, 5.74) is 1.50. The SMILES string of the molecule is CCCCCCCCC(C1=CCCCCCC1)C(OC(C)C)(OC(C)C)OC(C)C. The van der Waals surface area contributed by atoms with E-state index in [2.05, 4.69) is 54.5 Å². The summed E-state index contributed by atoms with van der Waals surface area (Å²) in [6.07, 6.45) is 19.1. The van der Waals surface area contributed by atoms with E-state index in [9.17, 15) is 0 Å². The molecule has 0 aromatic carbocycles. The Morgan fingerprint density at radius 2 is 1.27 bits per heavy atom. The maximum Gasteiger partial charge on any atom is 0.290 e. The van der Waals surface area contributed by atoms with Gasteiger partial charge in [-0.1, -0.05) is 69.9 Å². The molecule has 0 heterocycles. The average molecular weight is 425 g/mol. The van der Waals surface area contributed by atoms with Crippen molar-refractivity contribution in [2.75, 3.05) is 0 Å². The van der Waals surface area contributed by atoms with Crippen LogP contribution in [-0.2, 0) is 14.2 Å². The van der Waals surface area contributed by atoms with Gasteiger partial charge in [-0.2, -0.15) is 0 Å². The van der Waals surface area contributed by atoms with Crippen LogP contribution >= 0.6 is 0 Å². The van der Waals surface area contributed by atoms with Crippen LogP contribution in [0, 0.1) is 5.92 Å². The van der Waals surface area contributed by atoms with Crippen molar-refractivity contribution in [3.63, 3.8) is 0 Å². The Balaban J connectivity index is 3.16. The summed E-state index contributed by atoms with van der Waals surface area (Å²) in [7, 11) is 0. The number of rotatable bonds is 15. The smallest absolute Gasteiger partial charge is 0.290 e. The molecule has 0 aromatic rings. The van der Waals surface area contributed by atoms with Gasteiger partial charge < -0.3 is 14.2 Å². The molecule has 0 spiro atoms. The van der Waals surface area contributed by atoms with Gasteiger partial charge in [0.15, 0.2) is 0 Å². The lowest BCUT2D eigenvalue weighted by molar-refractivity contribution is -0.428. The fraction of sp³-hybridized carbons (Fsp3) is 0.926. The lowest BCUT2D eigenvalue weighted by Crippen LogP contribution is -2.51. The third-order valence-electron chi connectivity index (χ3n) is 5.75. The van der Waals surface area contributed by atoms with Gasteiger partial charge in [-0.05, 0) is 73.6 Å². The average Bonchev–Trinajstić information content (AvgIpc) is 2.60. The second-order valence-electron chi connectivity index (χ2n) is 9.94. The van der Waals surface area contributed by atoms with Crippen molar-refractivity contribution in [1.29, 1.82) is 0 Å². The molecule has 0 saturated heterocycles. The minimum atomic E-state index is -0.995. The predicted molar refractivity (Wildman–Crippen MR) is 129 cm³/mol. The second-order valence-corrected chi connectivity index (χ2v) is 9.94. The van der Waals surface area contributed by atoms with Gasteiger partial charge >= 0.3 is 0 Å². The molecule has 178 valence electrons. The van der Waals surface area contributed by atoms with Gasteiger partial charge in [0.2, 0.25) is 0 Å². The normalized spacial score (nSPS) is 17.3. The molecule has 1 aliphatic rings. The molecule has 1 unspecified atom stereocenters. The molecular formula is C27H52O3. The first kappa shape index (κ1) is 27.7. The number of allylic oxidation sites excluding steroid dienone is 1. The Labute approximate surface area is 188 Å². The molecule has 0 aromatic heterocycles. The second kappa shape index (κ2) is 15.4. The standard InChI is InChI=1S/C27H52O3/c1-8-9-10-11-15-18-21-26(25-19-16-13-12-14-17-20-25)27(28-22(2)3,29-23(4)5)30-24(6)7/h19,22-24,26H,8-18,20-21H2,1-7H3. The Bertz CT molecular complexity index is 426. The van der Waals surface area contributed by atoms with E-state index in [0.717, 1.165) is 12.8 Å². The summed E-state index contributed by atoms with van der Waals surface area (Å²) in [6.45, 7) is 14.8. The van der Waals surface area contributed by atoms with Crippen molar-refractivity contribution < 1.29 is 14.2 Å². The van der Waals surface area contributed by atoms with E-state index in [1.807, 2.05) is 0 Å². The molecule has 3 nitrogen and oxygen atoms in total. The maximum atomic E-state index is 6.56. The summed E-state index contributed by atoms with van der Waals surface area (Å²) in [5.74, 6) is -0.834. The van der Waals surface area contributed by atoms with Crippen molar-refractivity contribution >= 4 is 0 Å². The highest BCUT2D eigenvalue weighted by molar-refractivity contribution is 5.11. The van der Waals surface area contributed by atoms with E-state index in [-0.39, 0.29) is 24.2 Å². The molecular weight excluding hydrogens is 372 g/mol. The summed E-state index contributed by atoms with van der Waals surface area (Å²) in [4.78, 5) is 0. The molecule has 0 radical (unpaired) electrons. The first-order valence-corrected chi connectivity index (χ1v) is 13.0. The highest BCUT2D eigenvalue weighted by Gasteiger charge is 2.46. The Morgan fingerprint density at radius 3 is 1.83 bits per heavy atom. The summed E-state index contributed by atoms with van der Waals surface area (Å²) in [5, 5.41) is 0. The lowest BCUT2D eigenvalue weighted by atomic mass is 9.84. The van der Waals surface area contributed by atoms with Gasteiger partial charge in [-0.3, -0.25) is 0 Å². The molecule has 3 heteroatoms. The molecule has 1 rings (SSSR count). The van der Waals surface area contributed by atoms with Gasteiger partial charge in [0.25, 0.3) is 5.97 Å². The van der Waals surface area contributed by atoms with Crippen molar-refractivity contribution in [2.24, 2.45) is 5.92 Å². The Hall–Kier alpha value is -0.380. The fourth-order valence-corrected chi connectivity index (χ4v) is 4.57. The highest BCUT2D eigenvalue weighted by Crippen LogP contribution is 2.41.